The molecular formula is C22H24Cl2FN3O2. The van der Waals surface area contributed by atoms with E-state index in [9.17, 15) is 14.0 Å². The third-order valence-electron chi connectivity index (χ3n) is 5.25. The van der Waals surface area contributed by atoms with E-state index < -0.39 is 6.04 Å². The van der Waals surface area contributed by atoms with E-state index in [1.54, 1.807) is 29.2 Å². The minimum Gasteiger partial charge on any atom is -0.352 e. The molecule has 1 heterocycles. The topological polar surface area (TPSA) is 52.7 Å². The second-order valence-corrected chi connectivity index (χ2v) is 8.47. The Labute approximate surface area is 185 Å². The molecule has 160 valence electrons. The summed E-state index contributed by atoms with van der Waals surface area (Å²) in [5.41, 5.74) is 1.13. The highest BCUT2D eigenvalue weighted by Gasteiger charge is 2.35. The molecule has 0 bridgehead atoms. The molecule has 2 amide bonds. The normalized spacial score (nSPS) is 17.3. The first kappa shape index (κ1) is 22.5. The van der Waals surface area contributed by atoms with Crippen molar-refractivity contribution in [2.45, 2.75) is 24.9 Å². The number of hydrogen-bond acceptors (Lipinski definition) is 3. The smallest absolute Gasteiger partial charge is 0.254 e. The molecule has 1 saturated heterocycles. The van der Waals surface area contributed by atoms with E-state index in [1.165, 1.54) is 12.1 Å². The Morgan fingerprint density at radius 2 is 1.90 bits per heavy atom. The van der Waals surface area contributed by atoms with Gasteiger partial charge in [-0.25, -0.2) is 4.39 Å². The lowest BCUT2D eigenvalue weighted by Crippen LogP contribution is -2.47. The van der Waals surface area contributed by atoms with Crippen molar-refractivity contribution in [1.82, 2.24) is 15.1 Å². The number of benzene rings is 2. The van der Waals surface area contributed by atoms with E-state index in [-0.39, 0.29) is 23.7 Å². The van der Waals surface area contributed by atoms with Gasteiger partial charge in [0.25, 0.3) is 5.91 Å². The molecule has 3 rings (SSSR count). The van der Waals surface area contributed by atoms with Crippen LogP contribution in [0.25, 0.3) is 0 Å². The van der Waals surface area contributed by atoms with Gasteiger partial charge in [0.15, 0.2) is 0 Å². The number of carbonyl (C=O) groups is 2. The van der Waals surface area contributed by atoms with Crippen LogP contribution in [0.4, 0.5) is 4.39 Å². The molecule has 0 spiro atoms. The van der Waals surface area contributed by atoms with Crippen molar-refractivity contribution >= 4 is 35.0 Å². The van der Waals surface area contributed by atoms with Crippen LogP contribution in [0, 0.1) is 5.82 Å². The summed E-state index contributed by atoms with van der Waals surface area (Å²) in [5.74, 6) is -0.818. The number of likely N-dealkylation sites (N-methyl/N-ethyl adjacent to an activating group) is 1. The maximum atomic E-state index is 13.6. The van der Waals surface area contributed by atoms with E-state index in [2.05, 4.69) is 5.32 Å². The Morgan fingerprint density at radius 1 is 1.20 bits per heavy atom. The quantitative estimate of drug-likeness (QED) is 0.717. The molecule has 8 heteroatoms. The Kier molecular flexibility index (Phi) is 7.34. The number of halogens is 3. The monoisotopic (exact) mass is 451 g/mol. The van der Waals surface area contributed by atoms with Crippen molar-refractivity contribution in [1.29, 1.82) is 0 Å². The van der Waals surface area contributed by atoms with Crippen LogP contribution >= 0.6 is 23.2 Å². The predicted molar refractivity (Wildman–Crippen MR) is 116 cm³/mol. The third-order valence-corrected chi connectivity index (χ3v) is 5.69. The Bertz CT molecular complexity index is 918. The molecular weight excluding hydrogens is 428 g/mol. The summed E-state index contributed by atoms with van der Waals surface area (Å²) in [7, 11) is 3.74. The van der Waals surface area contributed by atoms with Crippen LogP contribution in [0.2, 0.25) is 10.0 Å². The molecule has 1 fully saturated rings. The van der Waals surface area contributed by atoms with Crippen molar-refractivity contribution in [2.75, 3.05) is 27.2 Å². The van der Waals surface area contributed by atoms with Crippen molar-refractivity contribution < 1.29 is 14.0 Å². The van der Waals surface area contributed by atoms with Gasteiger partial charge in [0.05, 0.1) is 6.04 Å². The highest BCUT2D eigenvalue weighted by atomic mass is 35.5. The second kappa shape index (κ2) is 9.77. The van der Waals surface area contributed by atoms with Crippen molar-refractivity contribution in [3.05, 3.63) is 69.5 Å². The number of carbonyl (C=O) groups excluding carboxylic acids is 2. The minimum absolute atomic E-state index is 0.193. The van der Waals surface area contributed by atoms with E-state index in [1.807, 2.05) is 25.1 Å². The molecule has 2 unspecified atom stereocenters. The van der Waals surface area contributed by atoms with Gasteiger partial charge < -0.3 is 15.1 Å². The second-order valence-electron chi connectivity index (χ2n) is 7.59. The van der Waals surface area contributed by atoms with Gasteiger partial charge in [0, 0.05) is 28.7 Å². The van der Waals surface area contributed by atoms with Crippen LogP contribution in [0.5, 0.6) is 0 Å². The summed E-state index contributed by atoms with van der Waals surface area (Å²) in [4.78, 5) is 29.3. The summed E-state index contributed by atoms with van der Waals surface area (Å²) in [6, 6.07) is 10.2. The molecule has 30 heavy (non-hydrogen) atoms. The number of nitrogens with zero attached hydrogens (tertiary/aromatic N) is 2. The maximum Gasteiger partial charge on any atom is 0.254 e. The van der Waals surface area contributed by atoms with Gasteiger partial charge in [-0.2, -0.15) is 0 Å². The van der Waals surface area contributed by atoms with E-state index in [0.717, 1.165) is 12.0 Å². The fourth-order valence-electron chi connectivity index (χ4n) is 3.75. The summed E-state index contributed by atoms with van der Waals surface area (Å²) in [5, 5.41) is 3.67. The molecule has 1 aliphatic heterocycles. The van der Waals surface area contributed by atoms with Crippen molar-refractivity contribution in [3.63, 3.8) is 0 Å². The fraction of sp³-hybridized carbons (Fsp3) is 0.364. The lowest BCUT2D eigenvalue weighted by atomic mass is 10.1. The zero-order chi connectivity index (χ0) is 21.8. The SMILES string of the molecule is CN(C)C(CNC(=O)C1CCCN1C(=O)c1cc(Cl)cc(Cl)c1)c1cccc(F)c1. The van der Waals surface area contributed by atoms with Gasteiger partial charge in [-0.15, -0.1) is 0 Å². The van der Waals surface area contributed by atoms with Gasteiger partial charge >= 0.3 is 0 Å². The summed E-state index contributed by atoms with van der Waals surface area (Å²) >= 11 is 12.0. The Balaban J connectivity index is 1.70. The zero-order valence-electron chi connectivity index (χ0n) is 16.9. The van der Waals surface area contributed by atoms with Crippen molar-refractivity contribution in [2.24, 2.45) is 0 Å². The minimum atomic E-state index is -0.564. The predicted octanol–water partition coefficient (Wildman–Crippen LogP) is 4.16. The first-order chi connectivity index (χ1) is 14.3. The molecule has 1 aliphatic rings. The lowest BCUT2D eigenvalue weighted by molar-refractivity contribution is -0.125. The molecule has 0 aromatic heterocycles. The summed E-state index contributed by atoms with van der Waals surface area (Å²) in [6.07, 6.45) is 1.32. The number of amides is 2. The van der Waals surface area contributed by atoms with E-state index in [4.69, 9.17) is 23.2 Å². The molecule has 1 N–H and O–H groups in total. The molecule has 2 atom stereocenters. The van der Waals surface area contributed by atoms with Crippen LogP contribution in [0.15, 0.2) is 42.5 Å². The van der Waals surface area contributed by atoms with E-state index in [0.29, 0.717) is 35.1 Å². The zero-order valence-corrected chi connectivity index (χ0v) is 18.4. The Hall–Kier alpha value is -2.15. The molecule has 0 radical (unpaired) electrons. The van der Waals surface area contributed by atoms with Gasteiger partial charge in [-0.1, -0.05) is 35.3 Å². The summed E-state index contributed by atoms with van der Waals surface area (Å²) in [6.45, 7) is 0.791. The number of likely N-dealkylation sites (tertiary alicyclic amines) is 1. The number of rotatable bonds is 6. The van der Waals surface area contributed by atoms with Crippen LogP contribution in [0.1, 0.15) is 34.8 Å². The van der Waals surface area contributed by atoms with Crippen LogP contribution < -0.4 is 5.32 Å². The van der Waals surface area contributed by atoms with Crippen LogP contribution in [-0.2, 0) is 4.79 Å². The van der Waals surface area contributed by atoms with Crippen LogP contribution in [0.3, 0.4) is 0 Å². The molecule has 5 nitrogen and oxygen atoms in total. The maximum absolute atomic E-state index is 13.6. The van der Waals surface area contributed by atoms with Gasteiger partial charge in [-0.3, -0.25) is 9.59 Å². The molecule has 0 saturated carbocycles. The first-order valence-corrected chi connectivity index (χ1v) is 10.5. The average molecular weight is 452 g/mol. The van der Waals surface area contributed by atoms with E-state index >= 15 is 0 Å². The van der Waals surface area contributed by atoms with Crippen molar-refractivity contribution in [3.8, 4) is 0 Å². The Morgan fingerprint density at radius 3 is 2.53 bits per heavy atom. The largest absolute Gasteiger partial charge is 0.352 e. The standard InChI is InChI=1S/C22H24Cl2FN3O2/c1-27(2)20(14-5-3-6-18(25)11-14)13-26-21(29)19-7-4-8-28(19)22(30)15-9-16(23)12-17(24)10-15/h3,5-6,9-12,19-20H,4,7-8,13H2,1-2H3,(H,26,29). The first-order valence-electron chi connectivity index (χ1n) is 9.73. The fourth-order valence-corrected chi connectivity index (χ4v) is 4.28. The van der Waals surface area contributed by atoms with Gasteiger partial charge in [0.2, 0.25) is 5.91 Å². The van der Waals surface area contributed by atoms with Gasteiger partial charge in [0.1, 0.15) is 11.9 Å². The lowest BCUT2D eigenvalue weighted by Gasteiger charge is -2.28. The highest BCUT2D eigenvalue weighted by Crippen LogP contribution is 2.25. The third kappa shape index (κ3) is 5.31. The number of hydrogen-bond donors (Lipinski definition) is 1. The molecule has 2 aromatic carbocycles. The average Bonchev–Trinajstić information content (AvgIpc) is 3.16. The van der Waals surface area contributed by atoms with Gasteiger partial charge in [-0.05, 0) is 62.8 Å². The van der Waals surface area contributed by atoms with Crippen LogP contribution in [-0.4, -0.2) is 54.8 Å². The highest BCUT2D eigenvalue weighted by molar-refractivity contribution is 6.35. The summed E-state index contributed by atoms with van der Waals surface area (Å²) < 4.78 is 13.6. The molecule has 0 aliphatic carbocycles. The molecule has 2 aromatic rings. The number of nitrogens with one attached hydrogen (secondary N) is 1.